The molecule has 0 spiro atoms. The summed E-state index contributed by atoms with van der Waals surface area (Å²) in [5.41, 5.74) is 1.66. The second kappa shape index (κ2) is 6.69. The van der Waals surface area contributed by atoms with Crippen LogP contribution in [0.2, 0.25) is 4.34 Å². The molecule has 2 heterocycles. The van der Waals surface area contributed by atoms with E-state index in [0.29, 0.717) is 0 Å². The molecule has 0 aliphatic heterocycles. The van der Waals surface area contributed by atoms with Crippen LogP contribution in [0.4, 0.5) is 0 Å². The number of halogens is 1. The highest BCUT2D eigenvalue weighted by Gasteiger charge is 2.19. The van der Waals surface area contributed by atoms with Gasteiger partial charge in [0.1, 0.15) is 5.51 Å². The van der Waals surface area contributed by atoms with Crippen molar-refractivity contribution in [3.63, 3.8) is 0 Å². The summed E-state index contributed by atoms with van der Waals surface area (Å²) in [7, 11) is 0. The molecule has 19 heavy (non-hydrogen) atoms. The van der Waals surface area contributed by atoms with Crippen molar-refractivity contribution in [3.8, 4) is 0 Å². The molecule has 0 bridgehead atoms. The molecule has 2 aromatic heterocycles. The molecule has 0 aliphatic carbocycles. The number of nitrogens with zero attached hydrogens (tertiary/aromatic N) is 2. The maximum absolute atomic E-state index is 12.1. The quantitative estimate of drug-likeness (QED) is 0.849. The average molecular weight is 334 g/mol. The zero-order valence-electron chi connectivity index (χ0n) is 10.3. The number of nitrogens with one attached hydrogen (secondary N) is 1. The third-order valence-corrected chi connectivity index (χ3v) is 5.69. The van der Waals surface area contributed by atoms with Crippen molar-refractivity contribution in [1.29, 1.82) is 0 Å². The summed E-state index contributed by atoms with van der Waals surface area (Å²) < 4.78 is 1.53. The lowest BCUT2D eigenvalue weighted by Gasteiger charge is -2.15. The maximum Gasteiger partial charge on any atom is 0.233 e. The Labute approximate surface area is 128 Å². The summed E-state index contributed by atoms with van der Waals surface area (Å²) in [6.07, 6.45) is 0. The molecule has 0 radical (unpaired) electrons. The van der Waals surface area contributed by atoms with Gasteiger partial charge in [-0.3, -0.25) is 4.79 Å². The second-order valence-electron chi connectivity index (χ2n) is 3.84. The van der Waals surface area contributed by atoms with Crippen LogP contribution < -0.4 is 5.32 Å². The third-order valence-electron chi connectivity index (χ3n) is 2.37. The molecule has 4 nitrogen and oxygen atoms in total. The normalized spacial score (nSPS) is 14.1. The van der Waals surface area contributed by atoms with Crippen LogP contribution in [0.1, 0.15) is 24.8 Å². The number of carbonyl (C=O) groups excluding carboxylic acids is 1. The number of hydrogen-bond acceptors (Lipinski definition) is 6. The predicted molar refractivity (Wildman–Crippen MR) is 81.1 cm³/mol. The zero-order valence-corrected chi connectivity index (χ0v) is 13.5. The second-order valence-corrected chi connectivity index (χ2v) is 8.00. The minimum absolute atomic E-state index is 0.0165. The molecular weight excluding hydrogens is 322 g/mol. The van der Waals surface area contributed by atoms with Crippen molar-refractivity contribution in [3.05, 3.63) is 26.9 Å². The molecule has 0 saturated heterocycles. The summed E-state index contributed by atoms with van der Waals surface area (Å²) >= 11 is 10.2. The summed E-state index contributed by atoms with van der Waals surface area (Å²) in [5, 5.41) is 10.4. The minimum atomic E-state index is -0.203. The molecule has 0 unspecified atom stereocenters. The van der Waals surface area contributed by atoms with Crippen LogP contribution in [0.3, 0.4) is 0 Å². The van der Waals surface area contributed by atoms with E-state index in [4.69, 9.17) is 11.6 Å². The van der Waals surface area contributed by atoms with E-state index in [-0.39, 0.29) is 17.2 Å². The minimum Gasteiger partial charge on any atom is -0.348 e. The van der Waals surface area contributed by atoms with Gasteiger partial charge in [0.2, 0.25) is 5.91 Å². The van der Waals surface area contributed by atoms with Gasteiger partial charge in [0.25, 0.3) is 0 Å². The van der Waals surface area contributed by atoms with Gasteiger partial charge in [0.05, 0.1) is 15.6 Å². The van der Waals surface area contributed by atoms with Gasteiger partial charge in [-0.05, 0) is 26.0 Å². The Kier molecular flexibility index (Phi) is 5.20. The van der Waals surface area contributed by atoms with E-state index in [1.54, 1.807) is 5.51 Å². The first-order valence-corrected chi connectivity index (χ1v) is 8.50. The molecule has 0 aliphatic rings. The first-order chi connectivity index (χ1) is 9.06. The highest BCUT2D eigenvalue weighted by atomic mass is 35.5. The Bertz CT molecular complexity index is 543. The maximum atomic E-state index is 12.1. The molecule has 102 valence electrons. The number of thiophene rings is 1. The van der Waals surface area contributed by atoms with Gasteiger partial charge in [-0.1, -0.05) is 34.7 Å². The lowest BCUT2D eigenvalue weighted by molar-refractivity contribution is -0.120. The molecule has 8 heteroatoms. The Balaban J connectivity index is 1.89. The number of carbonyl (C=O) groups is 1. The van der Waals surface area contributed by atoms with Crippen molar-refractivity contribution < 1.29 is 4.79 Å². The van der Waals surface area contributed by atoms with Gasteiger partial charge in [-0.2, -0.15) is 0 Å². The first kappa shape index (κ1) is 14.8. The van der Waals surface area contributed by atoms with E-state index in [1.165, 1.54) is 34.4 Å². The van der Waals surface area contributed by atoms with Crippen molar-refractivity contribution in [2.75, 3.05) is 0 Å². The lowest BCUT2D eigenvalue weighted by Crippen LogP contribution is -2.32. The van der Waals surface area contributed by atoms with Crippen LogP contribution in [0, 0.1) is 0 Å². The Morgan fingerprint density at radius 2 is 2.26 bits per heavy atom. The largest absolute Gasteiger partial charge is 0.348 e. The fourth-order valence-corrected chi connectivity index (χ4v) is 4.08. The molecule has 0 aromatic carbocycles. The lowest BCUT2D eigenvalue weighted by atomic mass is 10.2. The molecule has 0 fully saturated rings. The first-order valence-electron chi connectivity index (χ1n) is 5.54. The van der Waals surface area contributed by atoms with Gasteiger partial charge in [-0.25, -0.2) is 0 Å². The van der Waals surface area contributed by atoms with E-state index in [0.717, 1.165) is 13.6 Å². The van der Waals surface area contributed by atoms with Crippen molar-refractivity contribution in [2.45, 2.75) is 29.5 Å². The van der Waals surface area contributed by atoms with Crippen molar-refractivity contribution in [2.24, 2.45) is 0 Å². The van der Waals surface area contributed by atoms with Crippen LogP contribution in [0.15, 0.2) is 22.0 Å². The highest BCUT2D eigenvalue weighted by molar-refractivity contribution is 8.02. The monoisotopic (exact) mass is 333 g/mol. The van der Waals surface area contributed by atoms with Crippen molar-refractivity contribution >= 4 is 51.9 Å². The van der Waals surface area contributed by atoms with E-state index in [1.807, 2.05) is 26.0 Å². The van der Waals surface area contributed by atoms with Gasteiger partial charge >= 0.3 is 0 Å². The number of rotatable bonds is 5. The van der Waals surface area contributed by atoms with Crippen LogP contribution in [-0.2, 0) is 4.79 Å². The van der Waals surface area contributed by atoms with Crippen LogP contribution in [0.25, 0.3) is 0 Å². The number of aromatic nitrogens is 2. The molecule has 0 saturated carbocycles. The summed E-state index contributed by atoms with van der Waals surface area (Å²) in [6, 6.07) is 3.73. The van der Waals surface area contributed by atoms with E-state index < -0.39 is 0 Å². The molecular formula is C11H12ClN3OS3. The highest BCUT2D eigenvalue weighted by Crippen LogP contribution is 2.28. The number of amides is 1. The summed E-state index contributed by atoms with van der Waals surface area (Å²) in [4.78, 5) is 13.1. The van der Waals surface area contributed by atoms with Gasteiger partial charge < -0.3 is 5.32 Å². The Morgan fingerprint density at radius 1 is 1.47 bits per heavy atom. The van der Waals surface area contributed by atoms with Crippen LogP contribution in [-0.4, -0.2) is 21.4 Å². The topological polar surface area (TPSA) is 54.9 Å². The van der Waals surface area contributed by atoms with E-state index in [2.05, 4.69) is 15.5 Å². The van der Waals surface area contributed by atoms with E-state index in [9.17, 15) is 4.79 Å². The Hall–Kier alpha value is -0.630. The fourth-order valence-electron chi connectivity index (χ4n) is 1.38. The van der Waals surface area contributed by atoms with Gasteiger partial charge in [0.15, 0.2) is 4.34 Å². The smallest absolute Gasteiger partial charge is 0.233 e. The standard InChI is InChI=1S/C11H12ClN3OS3/c1-6(8-3-4-9(12)19-8)14-10(16)7(2)18-11-15-13-5-17-11/h3-7H,1-2H3,(H,14,16)/t6-,7+/m0/s1. The van der Waals surface area contributed by atoms with Crippen LogP contribution >= 0.6 is 46.0 Å². The number of hydrogen-bond donors (Lipinski definition) is 1. The fraction of sp³-hybridized carbons (Fsp3) is 0.364. The number of thioether (sulfide) groups is 1. The average Bonchev–Trinajstić information content (AvgIpc) is 3.00. The van der Waals surface area contributed by atoms with Crippen LogP contribution in [0.5, 0.6) is 0 Å². The third kappa shape index (κ3) is 4.17. The molecule has 2 rings (SSSR count). The molecule has 2 aromatic rings. The van der Waals surface area contributed by atoms with Gasteiger partial charge in [-0.15, -0.1) is 21.5 Å². The summed E-state index contributed by atoms with van der Waals surface area (Å²) in [6.45, 7) is 3.80. The SMILES string of the molecule is C[C@H](NC(=O)[C@@H](C)Sc1nncs1)c1ccc(Cl)s1. The molecule has 1 N–H and O–H groups in total. The van der Waals surface area contributed by atoms with Gasteiger partial charge in [0, 0.05) is 4.88 Å². The Morgan fingerprint density at radius 3 is 2.84 bits per heavy atom. The zero-order chi connectivity index (χ0) is 13.8. The molecule has 2 atom stereocenters. The van der Waals surface area contributed by atoms with Crippen molar-refractivity contribution in [1.82, 2.24) is 15.5 Å². The van der Waals surface area contributed by atoms with E-state index >= 15 is 0 Å². The predicted octanol–water partition coefficient (Wildman–Crippen LogP) is 3.61. The molecule has 1 amide bonds. The summed E-state index contributed by atoms with van der Waals surface area (Å²) in [5.74, 6) is -0.0165.